The summed E-state index contributed by atoms with van der Waals surface area (Å²) in [5, 5.41) is 6.41. The molecule has 1 amide bonds. The Labute approximate surface area is 97.1 Å². The lowest BCUT2D eigenvalue weighted by Crippen LogP contribution is -2.54. The summed E-state index contributed by atoms with van der Waals surface area (Å²) >= 11 is 0. The molecule has 4 atom stereocenters. The first-order chi connectivity index (χ1) is 7.68. The third-order valence-corrected chi connectivity index (χ3v) is 3.76. The summed E-state index contributed by atoms with van der Waals surface area (Å²) < 4.78 is 5.45. The van der Waals surface area contributed by atoms with E-state index < -0.39 is 0 Å². The van der Waals surface area contributed by atoms with Crippen LogP contribution in [0.4, 0.5) is 0 Å². The standard InChI is InChI=1S/C12H22N2O2/c1-8-4-3-6-13-11(8)12(15)14-10-5-7-16-9(10)2/h8-11,13H,3-7H2,1-2H3,(H,14,15). The maximum absolute atomic E-state index is 12.1. The number of ether oxygens (including phenoxy) is 1. The molecule has 0 aromatic heterocycles. The highest BCUT2D eigenvalue weighted by Crippen LogP contribution is 2.17. The largest absolute Gasteiger partial charge is 0.376 e. The normalized spacial score (nSPS) is 39.6. The van der Waals surface area contributed by atoms with Gasteiger partial charge in [-0.05, 0) is 38.6 Å². The Bertz CT molecular complexity index is 257. The van der Waals surface area contributed by atoms with Crippen LogP contribution in [0, 0.1) is 5.92 Å². The fraction of sp³-hybridized carbons (Fsp3) is 0.917. The Morgan fingerprint density at radius 3 is 2.81 bits per heavy atom. The Morgan fingerprint density at radius 2 is 2.19 bits per heavy atom. The van der Waals surface area contributed by atoms with Crippen LogP contribution in [0.25, 0.3) is 0 Å². The molecule has 0 aliphatic carbocycles. The van der Waals surface area contributed by atoms with Gasteiger partial charge in [0.25, 0.3) is 0 Å². The van der Waals surface area contributed by atoms with Crippen molar-refractivity contribution >= 4 is 5.91 Å². The molecule has 0 aromatic carbocycles. The molecule has 2 fully saturated rings. The number of hydrogen-bond donors (Lipinski definition) is 2. The SMILES string of the molecule is CC1CCCNC1C(=O)NC1CCOC1C. The Kier molecular flexibility index (Phi) is 3.82. The molecule has 2 N–H and O–H groups in total. The van der Waals surface area contributed by atoms with Gasteiger partial charge in [0.2, 0.25) is 5.91 Å². The zero-order valence-electron chi connectivity index (χ0n) is 10.2. The monoisotopic (exact) mass is 226 g/mol. The summed E-state index contributed by atoms with van der Waals surface area (Å²) in [4.78, 5) is 12.1. The summed E-state index contributed by atoms with van der Waals surface area (Å²) in [5.41, 5.74) is 0. The first-order valence-electron chi connectivity index (χ1n) is 6.34. The van der Waals surface area contributed by atoms with Crippen LogP contribution in [0.2, 0.25) is 0 Å². The summed E-state index contributed by atoms with van der Waals surface area (Å²) in [5.74, 6) is 0.584. The van der Waals surface area contributed by atoms with Crippen molar-refractivity contribution < 1.29 is 9.53 Å². The minimum absolute atomic E-state index is 0.0125. The predicted molar refractivity (Wildman–Crippen MR) is 62.2 cm³/mol. The smallest absolute Gasteiger partial charge is 0.237 e. The number of nitrogens with one attached hydrogen (secondary N) is 2. The zero-order chi connectivity index (χ0) is 11.5. The van der Waals surface area contributed by atoms with Gasteiger partial charge in [-0.1, -0.05) is 6.92 Å². The van der Waals surface area contributed by atoms with Crippen LogP contribution < -0.4 is 10.6 Å². The molecule has 4 heteroatoms. The number of rotatable bonds is 2. The molecule has 2 saturated heterocycles. The summed E-state index contributed by atoms with van der Waals surface area (Å²) in [6.07, 6.45) is 3.41. The lowest BCUT2D eigenvalue weighted by molar-refractivity contribution is -0.125. The summed E-state index contributed by atoms with van der Waals surface area (Å²) in [6.45, 7) is 5.89. The average molecular weight is 226 g/mol. The van der Waals surface area contributed by atoms with Crippen molar-refractivity contribution in [3.8, 4) is 0 Å². The Balaban J connectivity index is 1.86. The van der Waals surface area contributed by atoms with E-state index >= 15 is 0 Å². The third kappa shape index (κ3) is 2.55. The van der Waals surface area contributed by atoms with E-state index in [0.29, 0.717) is 5.92 Å². The first kappa shape index (κ1) is 11.9. The second-order valence-corrected chi connectivity index (χ2v) is 5.03. The highest BCUT2D eigenvalue weighted by molar-refractivity contribution is 5.82. The second-order valence-electron chi connectivity index (χ2n) is 5.03. The quantitative estimate of drug-likeness (QED) is 0.727. The van der Waals surface area contributed by atoms with Gasteiger partial charge in [-0.2, -0.15) is 0 Å². The Morgan fingerprint density at radius 1 is 1.38 bits per heavy atom. The second kappa shape index (κ2) is 5.15. The van der Waals surface area contributed by atoms with Gasteiger partial charge in [-0.25, -0.2) is 0 Å². The van der Waals surface area contributed by atoms with Gasteiger partial charge in [-0.3, -0.25) is 4.79 Å². The molecule has 4 nitrogen and oxygen atoms in total. The van der Waals surface area contributed by atoms with E-state index in [1.807, 2.05) is 6.92 Å². The van der Waals surface area contributed by atoms with E-state index in [-0.39, 0.29) is 24.1 Å². The lowest BCUT2D eigenvalue weighted by atomic mass is 9.92. The molecule has 2 aliphatic heterocycles. The first-order valence-corrected chi connectivity index (χ1v) is 6.34. The van der Waals surface area contributed by atoms with Crippen molar-refractivity contribution in [1.82, 2.24) is 10.6 Å². The minimum atomic E-state index is -0.0125. The van der Waals surface area contributed by atoms with Crippen molar-refractivity contribution in [3.05, 3.63) is 0 Å². The molecule has 0 saturated carbocycles. The zero-order valence-corrected chi connectivity index (χ0v) is 10.2. The van der Waals surface area contributed by atoms with Crippen LogP contribution in [0.5, 0.6) is 0 Å². The number of hydrogen-bond acceptors (Lipinski definition) is 3. The van der Waals surface area contributed by atoms with Crippen molar-refractivity contribution in [1.29, 1.82) is 0 Å². The van der Waals surface area contributed by atoms with Gasteiger partial charge in [0.1, 0.15) is 0 Å². The van der Waals surface area contributed by atoms with Crippen LogP contribution in [-0.4, -0.2) is 37.2 Å². The minimum Gasteiger partial charge on any atom is -0.376 e. The fourth-order valence-corrected chi connectivity index (χ4v) is 2.59. The molecule has 0 aromatic rings. The van der Waals surface area contributed by atoms with Crippen LogP contribution >= 0.6 is 0 Å². The molecule has 2 aliphatic rings. The van der Waals surface area contributed by atoms with Crippen LogP contribution in [0.1, 0.15) is 33.1 Å². The summed E-state index contributed by atoms with van der Waals surface area (Å²) in [7, 11) is 0. The number of piperidine rings is 1. The molecule has 4 unspecified atom stereocenters. The Hall–Kier alpha value is -0.610. The highest BCUT2D eigenvalue weighted by Gasteiger charge is 2.31. The van der Waals surface area contributed by atoms with Gasteiger partial charge < -0.3 is 15.4 Å². The van der Waals surface area contributed by atoms with Crippen LogP contribution in [0.15, 0.2) is 0 Å². The molecule has 2 rings (SSSR count). The van der Waals surface area contributed by atoms with Gasteiger partial charge in [0, 0.05) is 6.61 Å². The van der Waals surface area contributed by atoms with E-state index in [2.05, 4.69) is 17.6 Å². The topological polar surface area (TPSA) is 50.4 Å². The number of carbonyl (C=O) groups is 1. The maximum Gasteiger partial charge on any atom is 0.237 e. The van der Waals surface area contributed by atoms with Crippen molar-refractivity contribution in [2.75, 3.05) is 13.2 Å². The molecular weight excluding hydrogens is 204 g/mol. The predicted octanol–water partition coefficient (Wildman–Crippen LogP) is 0.668. The lowest BCUT2D eigenvalue weighted by Gasteiger charge is -2.30. The van der Waals surface area contributed by atoms with Gasteiger partial charge in [0.05, 0.1) is 18.2 Å². The van der Waals surface area contributed by atoms with Crippen molar-refractivity contribution in [2.45, 2.75) is 51.3 Å². The molecule has 0 radical (unpaired) electrons. The number of carbonyl (C=O) groups excluding carboxylic acids is 1. The van der Waals surface area contributed by atoms with Crippen molar-refractivity contribution in [3.63, 3.8) is 0 Å². The van der Waals surface area contributed by atoms with Crippen molar-refractivity contribution in [2.24, 2.45) is 5.92 Å². The molecule has 16 heavy (non-hydrogen) atoms. The van der Waals surface area contributed by atoms with Gasteiger partial charge in [-0.15, -0.1) is 0 Å². The molecule has 0 spiro atoms. The fourth-order valence-electron chi connectivity index (χ4n) is 2.59. The maximum atomic E-state index is 12.1. The number of amides is 1. The van der Waals surface area contributed by atoms with Gasteiger partial charge in [0.15, 0.2) is 0 Å². The molecular formula is C12H22N2O2. The highest BCUT2D eigenvalue weighted by atomic mass is 16.5. The van der Waals surface area contributed by atoms with Crippen LogP contribution in [-0.2, 0) is 9.53 Å². The van der Waals surface area contributed by atoms with E-state index in [1.54, 1.807) is 0 Å². The van der Waals surface area contributed by atoms with E-state index in [9.17, 15) is 4.79 Å². The van der Waals surface area contributed by atoms with E-state index in [1.165, 1.54) is 6.42 Å². The third-order valence-electron chi connectivity index (χ3n) is 3.76. The average Bonchev–Trinajstić information content (AvgIpc) is 2.65. The van der Waals surface area contributed by atoms with Gasteiger partial charge >= 0.3 is 0 Å². The molecule has 92 valence electrons. The molecule has 2 heterocycles. The van der Waals surface area contributed by atoms with E-state index in [4.69, 9.17) is 4.74 Å². The summed E-state index contributed by atoms with van der Waals surface area (Å²) in [6, 6.07) is 0.185. The van der Waals surface area contributed by atoms with Crippen LogP contribution in [0.3, 0.4) is 0 Å². The van der Waals surface area contributed by atoms with E-state index in [0.717, 1.165) is 26.0 Å². The molecule has 0 bridgehead atoms.